The molecule has 2 heterocycles. The van der Waals surface area contributed by atoms with Gasteiger partial charge in [-0.2, -0.15) is 0 Å². The van der Waals surface area contributed by atoms with Gasteiger partial charge >= 0.3 is 0 Å². The smallest absolute Gasteiger partial charge is 0.295 e. The summed E-state index contributed by atoms with van der Waals surface area (Å²) in [4.78, 5) is 31.4. The lowest BCUT2D eigenvalue weighted by molar-refractivity contribution is -0.139. The number of nitrogens with one attached hydrogen (secondary N) is 1. The molecule has 1 atom stereocenters. The van der Waals surface area contributed by atoms with E-state index in [1.54, 1.807) is 18.2 Å². The molecule has 1 amide bonds. The minimum atomic E-state index is -0.780. The van der Waals surface area contributed by atoms with E-state index in [-0.39, 0.29) is 23.6 Å². The summed E-state index contributed by atoms with van der Waals surface area (Å²) in [6.07, 6.45) is 2.45. The number of aromatic amines is 1. The number of likely N-dealkylation sites (tertiary alicyclic amines) is 1. The maximum atomic E-state index is 13.4. The van der Waals surface area contributed by atoms with Crippen LogP contribution in [0.2, 0.25) is 0 Å². The Balaban J connectivity index is 1.43. The van der Waals surface area contributed by atoms with E-state index in [0.717, 1.165) is 27.2 Å². The molecule has 1 unspecified atom stereocenters. The minimum Gasteiger partial charge on any atom is -0.508 e. The Hall–Kier alpha value is -4.84. The Labute approximate surface area is 213 Å². The van der Waals surface area contributed by atoms with Gasteiger partial charge in [-0.25, -0.2) is 0 Å². The van der Waals surface area contributed by atoms with Crippen LogP contribution in [0.15, 0.2) is 103 Å². The van der Waals surface area contributed by atoms with Crippen LogP contribution in [-0.4, -0.2) is 38.3 Å². The maximum Gasteiger partial charge on any atom is 0.295 e. The second kappa shape index (κ2) is 8.99. The zero-order valence-corrected chi connectivity index (χ0v) is 19.9. The molecule has 6 rings (SSSR count). The van der Waals surface area contributed by atoms with Gasteiger partial charge in [0.1, 0.15) is 11.5 Å². The molecule has 6 nitrogen and oxygen atoms in total. The second-order valence-electron chi connectivity index (χ2n) is 9.26. The van der Waals surface area contributed by atoms with E-state index >= 15 is 0 Å². The van der Waals surface area contributed by atoms with E-state index in [2.05, 4.69) is 4.98 Å². The summed E-state index contributed by atoms with van der Waals surface area (Å²) < 4.78 is 0. The van der Waals surface area contributed by atoms with Gasteiger partial charge in [-0.05, 0) is 52.6 Å². The van der Waals surface area contributed by atoms with Gasteiger partial charge in [0, 0.05) is 29.2 Å². The van der Waals surface area contributed by atoms with Gasteiger partial charge in [-0.1, -0.05) is 66.7 Å². The molecule has 0 saturated carbocycles. The molecule has 0 aliphatic carbocycles. The number of H-pyrrole nitrogens is 1. The van der Waals surface area contributed by atoms with Gasteiger partial charge in [0.25, 0.3) is 11.7 Å². The lowest BCUT2D eigenvalue weighted by Gasteiger charge is -2.25. The highest BCUT2D eigenvalue weighted by Gasteiger charge is 2.45. The molecule has 1 aromatic heterocycles. The van der Waals surface area contributed by atoms with Crippen molar-refractivity contribution in [2.24, 2.45) is 0 Å². The summed E-state index contributed by atoms with van der Waals surface area (Å²) in [5.74, 6) is -1.51. The number of phenolic OH excluding ortho intramolecular Hbond substituents is 1. The van der Waals surface area contributed by atoms with Crippen molar-refractivity contribution in [1.29, 1.82) is 0 Å². The normalized spacial score (nSPS) is 17.2. The predicted octanol–water partition coefficient (Wildman–Crippen LogP) is 5.69. The molecule has 3 N–H and O–H groups in total. The highest BCUT2D eigenvalue weighted by molar-refractivity contribution is 6.46. The summed E-state index contributed by atoms with van der Waals surface area (Å²) in [7, 11) is 0. The number of amides is 1. The van der Waals surface area contributed by atoms with Gasteiger partial charge in [-0.3, -0.25) is 9.59 Å². The summed E-state index contributed by atoms with van der Waals surface area (Å²) in [5, 5.41) is 24.2. The fourth-order valence-electron chi connectivity index (χ4n) is 5.19. The molecule has 1 aliphatic heterocycles. The first kappa shape index (κ1) is 22.6. The van der Waals surface area contributed by atoms with Crippen molar-refractivity contribution in [3.05, 3.63) is 119 Å². The third-order valence-electron chi connectivity index (χ3n) is 7.07. The van der Waals surface area contributed by atoms with Crippen LogP contribution in [0.3, 0.4) is 0 Å². The summed E-state index contributed by atoms with van der Waals surface area (Å²) in [6, 6.07) is 26.8. The number of aromatic nitrogens is 1. The van der Waals surface area contributed by atoms with Gasteiger partial charge in [0.2, 0.25) is 0 Å². The topological polar surface area (TPSA) is 93.6 Å². The van der Waals surface area contributed by atoms with Crippen LogP contribution in [0.1, 0.15) is 22.7 Å². The van der Waals surface area contributed by atoms with Crippen molar-refractivity contribution in [2.45, 2.75) is 12.5 Å². The molecule has 0 spiro atoms. The number of aliphatic hydroxyl groups excluding tert-OH is 1. The SMILES string of the molecule is O=C1C(=O)N(CCc2c[nH]c3ccccc23)C(c2ccc(O)cc2)/C1=C(/O)c1ccc2ccccc2c1. The average molecular weight is 489 g/mol. The van der Waals surface area contributed by atoms with E-state index in [9.17, 15) is 19.8 Å². The Morgan fingerprint density at radius 2 is 1.59 bits per heavy atom. The van der Waals surface area contributed by atoms with Gasteiger partial charge < -0.3 is 20.1 Å². The number of Topliss-reactive ketones (excluding diaryl/α,β-unsaturated/α-hetero) is 1. The van der Waals surface area contributed by atoms with Crippen LogP contribution in [0.5, 0.6) is 5.75 Å². The summed E-state index contributed by atoms with van der Waals surface area (Å²) >= 11 is 0. The Morgan fingerprint density at radius 1 is 0.865 bits per heavy atom. The molecular weight excluding hydrogens is 464 g/mol. The second-order valence-corrected chi connectivity index (χ2v) is 9.26. The molecule has 1 saturated heterocycles. The Kier molecular flexibility index (Phi) is 5.49. The van der Waals surface area contributed by atoms with Crippen LogP contribution in [0, 0.1) is 0 Å². The lowest BCUT2D eigenvalue weighted by atomic mass is 9.94. The van der Waals surface area contributed by atoms with Crippen molar-refractivity contribution in [2.75, 3.05) is 6.54 Å². The number of rotatable bonds is 5. The average Bonchev–Trinajstić information content (AvgIpc) is 3.45. The number of hydrogen-bond donors (Lipinski definition) is 3. The molecule has 4 aromatic carbocycles. The van der Waals surface area contributed by atoms with Crippen LogP contribution < -0.4 is 0 Å². The minimum absolute atomic E-state index is 0.0462. The Bertz CT molecular complexity index is 1700. The number of fused-ring (bicyclic) bond motifs is 2. The van der Waals surface area contributed by atoms with Crippen molar-refractivity contribution in [3.8, 4) is 5.75 Å². The monoisotopic (exact) mass is 488 g/mol. The third-order valence-corrected chi connectivity index (χ3v) is 7.07. The third kappa shape index (κ3) is 3.93. The van der Waals surface area contributed by atoms with E-state index in [0.29, 0.717) is 17.5 Å². The first-order chi connectivity index (χ1) is 18.0. The number of aromatic hydroxyl groups is 1. The number of nitrogens with zero attached hydrogens (tertiary/aromatic N) is 1. The number of phenols is 1. The summed E-state index contributed by atoms with van der Waals surface area (Å²) in [6.45, 7) is 0.284. The zero-order chi connectivity index (χ0) is 25.5. The van der Waals surface area contributed by atoms with Crippen molar-refractivity contribution in [1.82, 2.24) is 9.88 Å². The van der Waals surface area contributed by atoms with E-state index in [1.165, 1.54) is 17.0 Å². The highest BCUT2D eigenvalue weighted by Crippen LogP contribution is 2.40. The van der Waals surface area contributed by atoms with Crippen LogP contribution in [0.25, 0.3) is 27.4 Å². The van der Waals surface area contributed by atoms with Gasteiger partial charge in [0.15, 0.2) is 0 Å². The zero-order valence-electron chi connectivity index (χ0n) is 19.9. The number of aliphatic hydroxyl groups is 1. The molecule has 37 heavy (non-hydrogen) atoms. The highest BCUT2D eigenvalue weighted by atomic mass is 16.3. The van der Waals surface area contributed by atoms with Crippen LogP contribution in [0.4, 0.5) is 0 Å². The van der Waals surface area contributed by atoms with Gasteiger partial charge in [0.05, 0.1) is 11.6 Å². The van der Waals surface area contributed by atoms with Crippen molar-refractivity contribution >= 4 is 39.1 Å². The first-order valence-corrected chi connectivity index (χ1v) is 12.1. The number of carbonyl (C=O) groups excluding carboxylic acids is 2. The first-order valence-electron chi connectivity index (χ1n) is 12.1. The van der Waals surface area contributed by atoms with Crippen LogP contribution >= 0.6 is 0 Å². The number of carbonyl (C=O) groups is 2. The Morgan fingerprint density at radius 3 is 2.41 bits per heavy atom. The maximum absolute atomic E-state index is 13.4. The number of para-hydroxylation sites is 1. The van der Waals surface area contributed by atoms with Crippen LogP contribution in [-0.2, 0) is 16.0 Å². The van der Waals surface area contributed by atoms with E-state index in [1.807, 2.05) is 66.9 Å². The molecule has 182 valence electrons. The fourth-order valence-corrected chi connectivity index (χ4v) is 5.19. The number of hydrogen-bond acceptors (Lipinski definition) is 4. The molecule has 0 bridgehead atoms. The summed E-state index contributed by atoms with van der Waals surface area (Å²) in [5.41, 5.74) is 3.20. The van der Waals surface area contributed by atoms with Crippen molar-refractivity contribution in [3.63, 3.8) is 0 Å². The molecule has 5 aromatic rings. The number of benzene rings is 4. The molecule has 1 aliphatic rings. The van der Waals surface area contributed by atoms with Gasteiger partial charge in [-0.15, -0.1) is 0 Å². The van der Waals surface area contributed by atoms with E-state index < -0.39 is 17.7 Å². The lowest BCUT2D eigenvalue weighted by Crippen LogP contribution is -2.31. The van der Waals surface area contributed by atoms with E-state index in [4.69, 9.17) is 0 Å². The fraction of sp³-hybridized carbons (Fsp3) is 0.0968. The molecule has 6 heteroatoms. The molecule has 0 radical (unpaired) electrons. The predicted molar refractivity (Wildman–Crippen MR) is 143 cm³/mol. The molecular formula is C31H24N2O4. The largest absolute Gasteiger partial charge is 0.508 e. The standard InChI is InChI=1S/C31H24N2O4/c34-24-13-11-20(12-14-24)28-27(29(35)22-10-9-19-5-1-2-6-21(19)17-22)30(36)31(37)33(28)16-15-23-18-32-26-8-4-3-7-25(23)26/h1-14,17-18,28,32,34-35H,15-16H2/b29-27-. The quantitative estimate of drug-likeness (QED) is 0.168. The molecule has 1 fully saturated rings. The van der Waals surface area contributed by atoms with Crippen molar-refractivity contribution < 1.29 is 19.8 Å². The number of ketones is 1.